The van der Waals surface area contributed by atoms with Crippen molar-refractivity contribution in [3.05, 3.63) is 59.7 Å². The van der Waals surface area contributed by atoms with Gasteiger partial charge in [-0.3, -0.25) is 0 Å². The van der Waals surface area contributed by atoms with Crippen molar-refractivity contribution in [2.75, 3.05) is 25.1 Å². The summed E-state index contributed by atoms with van der Waals surface area (Å²) in [5.41, 5.74) is 2.55. The summed E-state index contributed by atoms with van der Waals surface area (Å²) in [6.07, 6.45) is 0. The molecule has 1 heterocycles. The quantitative estimate of drug-likeness (QED) is 0.937. The normalized spacial score (nSPS) is 14.6. The maximum Gasteiger partial charge on any atom is 0.339 e. The molecule has 1 saturated heterocycles. The van der Waals surface area contributed by atoms with Gasteiger partial charge in [0.15, 0.2) is 0 Å². The molecule has 3 rings (SSSR count). The third-order valence-electron chi connectivity index (χ3n) is 3.93. The summed E-state index contributed by atoms with van der Waals surface area (Å²) in [6, 6.07) is 15.7. The van der Waals surface area contributed by atoms with Crippen molar-refractivity contribution >= 4 is 11.7 Å². The minimum absolute atomic E-state index is 0.196. The van der Waals surface area contributed by atoms with E-state index in [1.807, 2.05) is 12.1 Å². The zero-order valence-electron chi connectivity index (χ0n) is 11.8. The molecule has 1 fully saturated rings. The van der Waals surface area contributed by atoms with Crippen molar-refractivity contribution in [3.8, 4) is 5.75 Å². The van der Waals surface area contributed by atoms with Crippen LogP contribution in [0.3, 0.4) is 0 Å². The second-order valence-electron chi connectivity index (χ2n) is 5.20. The molecule has 108 valence electrons. The van der Waals surface area contributed by atoms with Gasteiger partial charge in [0.2, 0.25) is 0 Å². The number of hydrogen-bond acceptors (Lipinski definition) is 3. The number of carboxylic acids is 1. The fourth-order valence-electron chi connectivity index (χ4n) is 2.68. The van der Waals surface area contributed by atoms with Crippen molar-refractivity contribution in [3.63, 3.8) is 0 Å². The van der Waals surface area contributed by atoms with Gasteiger partial charge in [-0.1, -0.05) is 30.3 Å². The Morgan fingerprint density at radius 2 is 1.90 bits per heavy atom. The molecule has 0 unspecified atom stereocenters. The summed E-state index contributed by atoms with van der Waals surface area (Å²) in [6.45, 7) is 1.89. The first-order valence-corrected chi connectivity index (χ1v) is 6.90. The number of anilines is 1. The Labute approximate surface area is 123 Å². The number of carbonyl (C=O) groups is 1. The number of ether oxygens (including phenoxy) is 1. The average Bonchev–Trinajstić information content (AvgIpc) is 2.46. The van der Waals surface area contributed by atoms with Gasteiger partial charge in [-0.15, -0.1) is 0 Å². The van der Waals surface area contributed by atoms with Crippen molar-refractivity contribution < 1.29 is 14.6 Å². The number of hydrogen-bond donors (Lipinski definition) is 1. The molecule has 0 atom stereocenters. The fourth-order valence-corrected chi connectivity index (χ4v) is 2.68. The summed E-state index contributed by atoms with van der Waals surface area (Å²) < 4.78 is 5.17. The van der Waals surface area contributed by atoms with Crippen LogP contribution in [0, 0.1) is 0 Å². The topological polar surface area (TPSA) is 49.8 Å². The number of rotatable bonds is 4. The van der Waals surface area contributed by atoms with Crippen LogP contribution in [-0.2, 0) is 0 Å². The van der Waals surface area contributed by atoms with E-state index in [-0.39, 0.29) is 5.56 Å². The maximum absolute atomic E-state index is 11.1. The van der Waals surface area contributed by atoms with Gasteiger partial charge in [0.25, 0.3) is 0 Å². The summed E-state index contributed by atoms with van der Waals surface area (Å²) >= 11 is 0. The van der Waals surface area contributed by atoms with E-state index in [9.17, 15) is 4.79 Å². The fraction of sp³-hybridized carbons (Fsp3) is 0.235. The van der Waals surface area contributed by atoms with Gasteiger partial charge in [0.1, 0.15) is 11.3 Å². The predicted molar refractivity (Wildman–Crippen MR) is 81.3 cm³/mol. The largest absolute Gasteiger partial charge is 0.496 e. The van der Waals surface area contributed by atoms with Gasteiger partial charge in [0.05, 0.1) is 7.11 Å². The van der Waals surface area contributed by atoms with Gasteiger partial charge in [-0.25, -0.2) is 4.79 Å². The van der Waals surface area contributed by atoms with Crippen molar-refractivity contribution in [1.82, 2.24) is 0 Å². The molecular weight excluding hydrogens is 266 g/mol. The standard InChI is InChI=1S/C17H17NO3/c1-21-16-9-14(7-8-15(16)17(19)20)18-10-13(11-18)12-5-3-2-4-6-12/h2-9,13H,10-11H2,1H3,(H,19,20). The Morgan fingerprint density at radius 3 is 2.52 bits per heavy atom. The zero-order chi connectivity index (χ0) is 14.8. The van der Waals surface area contributed by atoms with Crippen molar-refractivity contribution in [1.29, 1.82) is 0 Å². The Kier molecular flexibility index (Phi) is 3.52. The molecule has 0 spiro atoms. The molecule has 1 N–H and O–H groups in total. The van der Waals surface area contributed by atoms with E-state index in [4.69, 9.17) is 9.84 Å². The highest BCUT2D eigenvalue weighted by Gasteiger charge is 2.28. The number of methoxy groups -OCH3 is 1. The number of carboxylic acid groups (broad SMARTS) is 1. The predicted octanol–water partition coefficient (Wildman–Crippen LogP) is 3.00. The second kappa shape index (κ2) is 5.48. The van der Waals surface area contributed by atoms with E-state index in [1.165, 1.54) is 12.7 Å². The molecule has 4 heteroatoms. The van der Waals surface area contributed by atoms with Gasteiger partial charge >= 0.3 is 5.97 Å². The SMILES string of the molecule is COc1cc(N2CC(c3ccccc3)C2)ccc1C(=O)O. The monoisotopic (exact) mass is 283 g/mol. The van der Waals surface area contributed by atoms with Crippen LogP contribution in [0.25, 0.3) is 0 Å². The molecule has 0 amide bonds. The van der Waals surface area contributed by atoms with Gasteiger partial charge in [-0.05, 0) is 17.7 Å². The van der Waals surface area contributed by atoms with Gasteiger partial charge < -0.3 is 14.7 Å². The van der Waals surface area contributed by atoms with Crippen LogP contribution < -0.4 is 9.64 Å². The Bertz CT molecular complexity index is 648. The lowest BCUT2D eigenvalue weighted by Gasteiger charge is -2.41. The van der Waals surface area contributed by atoms with Crippen molar-refractivity contribution in [2.24, 2.45) is 0 Å². The van der Waals surface area contributed by atoms with Gasteiger partial charge in [-0.2, -0.15) is 0 Å². The molecule has 0 radical (unpaired) electrons. The highest BCUT2D eigenvalue weighted by molar-refractivity contribution is 5.91. The van der Waals surface area contributed by atoms with E-state index in [1.54, 1.807) is 12.1 Å². The molecule has 0 saturated carbocycles. The minimum atomic E-state index is -0.968. The van der Waals surface area contributed by atoms with Crippen LogP contribution >= 0.6 is 0 Å². The Morgan fingerprint density at radius 1 is 1.19 bits per heavy atom. The summed E-state index contributed by atoms with van der Waals surface area (Å²) in [7, 11) is 1.49. The lowest BCUT2D eigenvalue weighted by Crippen LogP contribution is -2.45. The van der Waals surface area contributed by atoms with Gasteiger partial charge in [0, 0.05) is 30.8 Å². The first-order chi connectivity index (χ1) is 10.2. The molecule has 2 aromatic rings. The van der Waals surface area contributed by atoms with E-state index in [0.717, 1.165) is 18.8 Å². The van der Waals surface area contributed by atoms with Crippen LogP contribution in [0.4, 0.5) is 5.69 Å². The van der Waals surface area contributed by atoms with Crippen LogP contribution in [0.15, 0.2) is 48.5 Å². The lowest BCUT2D eigenvalue weighted by molar-refractivity contribution is 0.0693. The minimum Gasteiger partial charge on any atom is -0.496 e. The average molecular weight is 283 g/mol. The van der Waals surface area contributed by atoms with Crippen LogP contribution in [0.1, 0.15) is 21.8 Å². The van der Waals surface area contributed by atoms with E-state index in [2.05, 4.69) is 29.2 Å². The van der Waals surface area contributed by atoms with E-state index >= 15 is 0 Å². The maximum atomic E-state index is 11.1. The molecule has 1 aliphatic heterocycles. The number of benzene rings is 2. The third-order valence-corrected chi connectivity index (χ3v) is 3.93. The van der Waals surface area contributed by atoms with E-state index in [0.29, 0.717) is 11.7 Å². The summed E-state index contributed by atoms with van der Waals surface area (Å²) in [5, 5.41) is 9.09. The Hall–Kier alpha value is -2.49. The van der Waals surface area contributed by atoms with E-state index < -0.39 is 5.97 Å². The number of aromatic carboxylic acids is 1. The molecule has 4 nitrogen and oxygen atoms in total. The smallest absolute Gasteiger partial charge is 0.339 e. The van der Waals surface area contributed by atoms with Crippen LogP contribution in [0.2, 0.25) is 0 Å². The van der Waals surface area contributed by atoms with Crippen molar-refractivity contribution in [2.45, 2.75) is 5.92 Å². The highest BCUT2D eigenvalue weighted by atomic mass is 16.5. The molecule has 21 heavy (non-hydrogen) atoms. The summed E-state index contributed by atoms with van der Waals surface area (Å²) in [5.74, 6) is -0.0244. The zero-order valence-corrected chi connectivity index (χ0v) is 11.8. The molecule has 1 aliphatic rings. The molecule has 0 bridgehead atoms. The third kappa shape index (κ3) is 2.57. The van der Waals surface area contributed by atoms with Crippen LogP contribution in [-0.4, -0.2) is 31.3 Å². The van der Waals surface area contributed by atoms with Crippen LogP contribution in [0.5, 0.6) is 5.75 Å². The lowest BCUT2D eigenvalue weighted by atomic mass is 9.91. The first-order valence-electron chi connectivity index (χ1n) is 6.90. The number of nitrogens with zero attached hydrogens (tertiary/aromatic N) is 1. The second-order valence-corrected chi connectivity index (χ2v) is 5.20. The molecule has 2 aromatic carbocycles. The summed E-state index contributed by atoms with van der Waals surface area (Å²) in [4.78, 5) is 13.3. The molecule has 0 aliphatic carbocycles. The highest BCUT2D eigenvalue weighted by Crippen LogP contribution is 2.34. The molecule has 0 aromatic heterocycles. The molecular formula is C17H17NO3. The first kappa shape index (κ1) is 13.5. The Balaban J connectivity index is 1.74.